The largest absolute Gasteiger partial charge is 0.495 e. The van der Waals surface area contributed by atoms with E-state index >= 15 is 0 Å². The summed E-state index contributed by atoms with van der Waals surface area (Å²) in [6.45, 7) is 2.86. The van der Waals surface area contributed by atoms with Gasteiger partial charge < -0.3 is 10.1 Å². The molecule has 8 heteroatoms. The molecule has 1 saturated heterocycles. The molecule has 2 aromatic rings. The van der Waals surface area contributed by atoms with E-state index in [0.717, 1.165) is 29.3 Å². The van der Waals surface area contributed by atoms with Gasteiger partial charge in [0.2, 0.25) is 10.0 Å². The third-order valence-corrected chi connectivity index (χ3v) is 7.52. The first-order valence-corrected chi connectivity index (χ1v) is 11.8. The van der Waals surface area contributed by atoms with Crippen LogP contribution in [0.25, 0.3) is 0 Å². The molecule has 0 saturated carbocycles. The molecule has 0 aromatic heterocycles. The van der Waals surface area contributed by atoms with Crippen molar-refractivity contribution in [3.05, 3.63) is 58.1 Å². The molecule has 1 aliphatic rings. The van der Waals surface area contributed by atoms with Gasteiger partial charge in [0.1, 0.15) is 10.6 Å². The molecule has 1 amide bonds. The van der Waals surface area contributed by atoms with E-state index in [1.54, 1.807) is 6.07 Å². The smallest absolute Gasteiger partial charge is 0.251 e. The van der Waals surface area contributed by atoms with E-state index in [-0.39, 0.29) is 28.2 Å². The molecule has 0 spiro atoms. The Bertz CT molecular complexity index is 971. The fraction of sp³-hybridized carbons (Fsp3) is 0.381. The molecule has 6 nitrogen and oxygen atoms in total. The van der Waals surface area contributed by atoms with Crippen molar-refractivity contribution in [2.24, 2.45) is 0 Å². The maximum atomic E-state index is 13.1. The molecule has 29 heavy (non-hydrogen) atoms. The Kier molecular flexibility index (Phi) is 6.97. The van der Waals surface area contributed by atoms with Crippen LogP contribution in [0.5, 0.6) is 5.75 Å². The van der Waals surface area contributed by atoms with Crippen molar-refractivity contribution in [2.45, 2.75) is 37.1 Å². The molecular weight excluding hydrogens is 456 g/mol. The summed E-state index contributed by atoms with van der Waals surface area (Å²) >= 11 is 3.39. The number of amides is 1. The van der Waals surface area contributed by atoms with Crippen molar-refractivity contribution in [1.29, 1.82) is 0 Å². The van der Waals surface area contributed by atoms with Crippen molar-refractivity contribution in [2.75, 3.05) is 20.2 Å². The summed E-state index contributed by atoms with van der Waals surface area (Å²) in [5.41, 5.74) is 1.24. The van der Waals surface area contributed by atoms with E-state index in [0.29, 0.717) is 13.1 Å². The van der Waals surface area contributed by atoms with Crippen LogP contribution < -0.4 is 10.1 Å². The maximum absolute atomic E-state index is 13.1. The maximum Gasteiger partial charge on any atom is 0.251 e. The number of carbonyl (C=O) groups excluding carboxylic acids is 1. The summed E-state index contributed by atoms with van der Waals surface area (Å²) in [5.74, 6) is -0.0914. The van der Waals surface area contributed by atoms with Crippen LogP contribution in [0.15, 0.2) is 51.8 Å². The van der Waals surface area contributed by atoms with Gasteiger partial charge in [-0.3, -0.25) is 4.79 Å². The second-order valence-electron chi connectivity index (χ2n) is 7.08. The summed E-state index contributed by atoms with van der Waals surface area (Å²) in [6.07, 6.45) is 2.71. The molecule has 0 aliphatic carbocycles. The van der Waals surface area contributed by atoms with E-state index in [2.05, 4.69) is 21.2 Å². The number of ether oxygens (including phenoxy) is 1. The molecule has 3 rings (SSSR count). The number of piperidine rings is 1. The van der Waals surface area contributed by atoms with Crippen molar-refractivity contribution in [1.82, 2.24) is 9.62 Å². The molecule has 1 aliphatic heterocycles. The lowest BCUT2D eigenvalue weighted by atomic mass is 10.1. The number of nitrogens with zero attached hydrogens (tertiary/aromatic N) is 1. The number of sulfonamides is 1. The van der Waals surface area contributed by atoms with Crippen LogP contribution in [-0.2, 0) is 10.0 Å². The predicted molar refractivity (Wildman–Crippen MR) is 116 cm³/mol. The van der Waals surface area contributed by atoms with Crippen LogP contribution in [0.3, 0.4) is 0 Å². The van der Waals surface area contributed by atoms with E-state index in [9.17, 15) is 13.2 Å². The number of hydrogen-bond acceptors (Lipinski definition) is 4. The summed E-state index contributed by atoms with van der Waals surface area (Å²) in [5, 5.41) is 2.92. The Balaban J connectivity index is 1.85. The van der Waals surface area contributed by atoms with Gasteiger partial charge >= 0.3 is 0 Å². The van der Waals surface area contributed by atoms with E-state index in [1.165, 1.54) is 23.5 Å². The second kappa shape index (κ2) is 9.28. The van der Waals surface area contributed by atoms with E-state index in [1.807, 2.05) is 31.2 Å². The zero-order valence-corrected chi connectivity index (χ0v) is 18.9. The SMILES string of the molecule is COc1ccc(C(=O)NC(C)c2ccc(Br)cc2)cc1S(=O)(=O)N1CCCCC1. The first kappa shape index (κ1) is 21.8. The third kappa shape index (κ3) is 4.99. The van der Waals surface area contributed by atoms with E-state index in [4.69, 9.17) is 4.74 Å². The minimum Gasteiger partial charge on any atom is -0.495 e. The van der Waals surface area contributed by atoms with Crippen molar-refractivity contribution >= 4 is 31.9 Å². The molecule has 1 fully saturated rings. The van der Waals surface area contributed by atoms with Crippen LogP contribution in [-0.4, -0.2) is 38.8 Å². The van der Waals surface area contributed by atoms with Gasteiger partial charge in [-0.05, 0) is 55.7 Å². The fourth-order valence-corrected chi connectivity index (χ4v) is 5.34. The fourth-order valence-electron chi connectivity index (χ4n) is 3.38. The molecule has 1 atom stereocenters. The number of rotatable bonds is 6. The van der Waals surface area contributed by atoms with Crippen LogP contribution >= 0.6 is 15.9 Å². The molecule has 0 radical (unpaired) electrons. The zero-order valence-electron chi connectivity index (χ0n) is 16.5. The number of benzene rings is 2. The molecule has 1 N–H and O–H groups in total. The molecule has 1 heterocycles. The average molecular weight is 481 g/mol. The van der Waals surface area contributed by atoms with Gasteiger partial charge in [-0.2, -0.15) is 4.31 Å². The normalized spacial score (nSPS) is 16.2. The predicted octanol–water partition coefficient (Wildman–Crippen LogP) is 4.12. The Morgan fingerprint density at radius 1 is 1.10 bits per heavy atom. The lowest BCUT2D eigenvalue weighted by molar-refractivity contribution is 0.0939. The van der Waals surface area contributed by atoms with Gasteiger partial charge in [0.05, 0.1) is 13.2 Å². The second-order valence-corrected chi connectivity index (χ2v) is 9.90. The zero-order chi connectivity index (χ0) is 21.0. The quantitative estimate of drug-likeness (QED) is 0.674. The molecule has 2 aromatic carbocycles. The number of methoxy groups -OCH3 is 1. The summed E-state index contributed by atoms with van der Waals surface area (Å²) < 4.78 is 34.0. The van der Waals surface area contributed by atoms with Crippen LogP contribution in [0, 0.1) is 0 Å². The lowest BCUT2D eigenvalue weighted by Crippen LogP contribution is -2.36. The van der Waals surface area contributed by atoms with Crippen LogP contribution in [0.1, 0.15) is 48.1 Å². The molecule has 156 valence electrons. The Morgan fingerprint density at radius 2 is 1.76 bits per heavy atom. The first-order chi connectivity index (χ1) is 13.8. The van der Waals surface area contributed by atoms with Gasteiger partial charge in [0.25, 0.3) is 5.91 Å². The van der Waals surface area contributed by atoms with Gasteiger partial charge in [-0.25, -0.2) is 8.42 Å². The van der Waals surface area contributed by atoms with Crippen molar-refractivity contribution in [3.8, 4) is 5.75 Å². The highest BCUT2D eigenvalue weighted by atomic mass is 79.9. The van der Waals surface area contributed by atoms with Gasteiger partial charge in [-0.15, -0.1) is 0 Å². The standard InChI is InChI=1S/C21H25BrN2O4S/c1-15(16-6-9-18(22)10-7-16)23-21(25)17-8-11-19(28-2)20(14-17)29(26,27)24-12-4-3-5-13-24/h6-11,14-15H,3-5,12-13H2,1-2H3,(H,23,25). The minimum absolute atomic E-state index is 0.0332. The number of hydrogen-bond donors (Lipinski definition) is 1. The van der Waals surface area contributed by atoms with Gasteiger partial charge in [0, 0.05) is 23.1 Å². The number of halogens is 1. The van der Waals surface area contributed by atoms with Gasteiger partial charge in [0.15, 0.2) is 0 Å². The minimum atomic E-state index is -3.72. The lowest BCUT2D eigenvalue weighted by Gasteiger charge is -2.26. The summed E-state index contributed by atoms with van der Waals surface area (Å²) in [6, 6.07) is 12.0. The number of carbonyl (C=O) groups is 1. The van der Waals surface area contributed by atoms with E-state index < -0.39 is 10.0 Å². The average Bonchev–Trinajstić information content (AvgIpc) is 2.74. The number of nitrogens with one attached hydrogen (secondary N) is 1. The van der Waals surface area contributed by atoms with Crippen LogP contribution in [0.4, 0.5) is 0 Å². The highest BCUT2D eigenvalue weighted by molar-refractivity contribution is 9.10. The Morgan fingerprint density at radius 3 is 2.38 bits per heavy atom. The monoisotopic (exact) mass is 480 g/mol. The highest BCUT2D eigenvalue weighted by Gasteiger charge is 2.29. The third-order valence-electron chi connectivity index (χ3n) is 5.08. The molecule has 1 unspecified atom stereocenters. The van der Waals surface area contributed by atoms with Gasteiger partial charge in [-0.1, -0.05) is 34.5 Å². The van der Waals surface area contributed by atoms with Crippen molar-refractivity contribution in [3.63, 3.8) is 0 Å². The Labute approximate surface area is 180 Å². The molecular formula is C21H25BrN2O4S. The van der Waals surface area contributed by atoms with Crippen LogP contribution in [0.2, 0.25) is 0 Å². The Hall–Kier alpha value is -1.90. The molecule has 0 bridgehead atoms. The topological polar surface area (TPSA) is 75.7 Å². The highest BCUT2D eigenvalue weighted by Crippen LogP contribution is 2.30. The first-order valence-electron chi connectivity index (χ1n) is 9.57. The summed E-state index contributed by atoms with van der Waals surface area (Å²) in [7, 11) is -2.29. The van der Waals surface area contributed by atoms with Crippen molar-refractivity contribution < 1.29 is 17.9 Å². The summed E-state index contributed by atoms with van der Waals surface area (Å²) in [4.78, 5) is 12.8.